The molecular weight excluding hydrogens is 241 g/mol. The van der Waals surface area contributed by atoms with Crippen molar-refractivity contribution in [3.63, 3.8) is 0 Å². The summed E-state index contributed by atoms with van der Waals surface area (Å²) >= 11 is 0. The molecule has 1 aromatic rings. The van der Waals surface area contributed by atoms with E-state index in [9.17, 15) is 13.2 Å². The molecule has 0 aromatic heterocycles. The zero-order valence-electron chi connectivity index (χ0n) is 10.6. The standard InChI is InChI=1S/C13H19F3N2/c1-12(2,9-17)6-7-18-11-5-3-4-10(8-11)13(14,15)16/h3-5,8,18H,6-7,9,17H2,1-2H3. The summed E-state index contributed by atoms with van der Waals surface area (Å²) in [6.45, 7) is 5.21. The fourth-order valence-electron chi connectivity index (χ4n) is 1.45. The Hall–Kier alpha value is -1.23. The van der Waals surface area contributed by atoms with Crippen molar-refractivity contribution in [3.05, 3.63) is 29.8 Å². The Labute approximate surface area is 105 Å². The van der Waals surface area contributed by atoms with Gasteiger partial charge in [0.1, 0.15) is 0 Å². The zero-order chi connectivity index (χ0) is 13.8. The van der Waals surface area contributed by atoms with E-state index in [1.165, 1.54) is 6.07 Å². The van der Waals surface area contributed by atoms with Crippen molar-refractivity contribution in [1.29, 1.82) is 0 Å². The summed E-state index contributed by atoms with van der Waals surface area (Å²) < 4.78 is 37.5. The van der Waals surface area contributed by atoms with Gasteiger partial charge in [-0.1, -0.05) is 19.9 Å². The van der Waals surface area contributed by atoms with Crippen LogP contribution in [0.15, 0.2) is 24.3 Å². The van der Waals surface area contributed by atoms with Crippen molar-refractivity contribution in [1.82, 2.24) is 0 Å². The maximum Gasteiger partial charge on any atom is 0.416 e. The minimum absolute atomic E-state index is 0.00532. The Kier molecular flexibility index (Phi) is 4.62. The number of nitrogens with one attached hydrogen (secondary N) is 1. The van der Waals surface area contributed by atoms with Crippen LogP contribution in [0, 0.1) is 5.41 Å². The number of benzene rings is 1. The van der Waals surface area contributed by atoms with E-state index in [1.54, 1.807) is 6.07 Å². The molecule has 5 heteroatoms. The Morgan fingerprint density at radius 2 is 1.89 bits per heavy atom. The van der Waals surface area contributed by atoms with Gasteiger partial charge in [0.2, 0.25) is 0 Å². The number of hydrogen-bond acceptors (Lipinski definition) is 2. The second-order valence-electron chi connectivity index (χ2n) is 5.12. The second kappa shape index (κ2) is 5.61. The van der Waals surface area contributed by atoms with Crippen LogP contribution in [0.2, 0.25) is 0 Å². The van der Waals surface area contributed by atoms with E-state index in [0.717, 1.165) is 18.6 Å². The monoisotopic (exact) mass is 260 g/mol. The fraction of sp³-hybridized carbons (Fsp3) is 0.538. The highest BCUT2D eigenvalue weighted by Gasteiger charge is 2.30. The molecule has 0 heterocycles. The average molecular weight is 260 g/mol. The van der Waals surface area contributed by atoms with Gasteiger partial charge < -0.3 is 11.1 Å². The van der Waals surface area contributed by atoms with E-state index >= 15 is 0 Å². The normalized spacial score (nSPS) is 12.6. The average Bonchev–Trinajstić information content (AvgIpc) is 2.28. The quantitative estimate of drug-likeness (QED) is 0.850. The summed E-state index contributed by atoms with van der Waals surface area (Å²) in [7, 11) is 0. The van der Waals surface area contributed by atoms with Crippen LogP contribution in [0.25, 0.3) is 0 Å². The molecule has 0 aliphatic heterocycles. The molecule has 0 saturated carbocycles. The Bertz CT molecular complexity index is 386. The number of rotatable bonds is 5. The third-order valence-electron chi connectivity index (χ3n) is 2.87. The molecule has 0 fully saturated rings. The van der Waals surface area contributed by atoms with Crippen LogP contribution in [-0.4, -0.2) is 13.1 Å². The highest BCUT2D eigenvalue weighted by Crippen LogP contribution is 2.30. The highest BCUT2D eigenvalue weighted by molar-refractivity contribution is 5.46. The van der Waals surface area contributed by atoms with Crippen LogP contribution in [-0.2, 0) is 6.18 Å². The van der Waals surface area contributed by atoms with Crippen molar-refractivity contribution in [3.8, 4) is 0 Å². The van der Waals surface area contributed by atoms with Crippen molar-refractivity contribution in [2.75, 3.05) is 18.4 Å². The summed E-state index contributed by atoms with van der Waals surface area (Å²) in [5.74, 6) is 0. The first-order valence-electron chi connectivity index (χ1n) is 5.86. The summed E-state index contributed by atoms with van der Waals surface area (Å²) in [5, 5.41) is 2.99. The number of hydrogen-bond donors (Lipinski definition) is 2. The molecule has 0 amide bonds. The lowest BCUT2D eigenvalue weighted by atomic mass is 9.90. The lowest BCUT2D eigenvalue weighted by Crippen LogP contribution is -2.26. The molecule has 0 atom stereocenters. The van der Waals surface area contributed by atoms with Gasteiger partial charge in [-0.25, -0.2) is 0 Å². The number of halogens is 3. The molecule has 0 unspecified atom stereocenters. The molecule has 0 bridgehead atoms. The molecule has 0 aliphatic rings. The summed E-state index contributed by atoms with van der Waals surface area (Å²) in [4.78, 5) is 0. The van der Waals surface area contributed by atoms with Crippen LogP contribution in [0.3, 0.4) is 0 Å². The third kappa shape index (κ3) is 4.56. The second-order valence-corrected chi connectivity index (χ2v) is 5.12. The molecule has 1 rings (SSSR count). The molecule has 0 spiro atoms. The van der Waals surface area contributed by atoms with Gasteiger partial charge in [-0.2, -0.15) is 13.2 Å². The summed E-state index contributed by atoms with van der Waals surface area (Å²) in [5.41, 5.74) is 5.44. The van der Waals surface area contributed by atoms with E-state index in [1.807, 2.05) is 13.8 Å². The van der Waals surface area contributed by atoms with Crippen molar-refractivity contribution >= 4 is 5.69 Å². The van der Waals surface area contributed by atoms with Gasteiger partial charge in [0.15, 0.2) is 0 Å². The van der Waals surface area contributed by atoms with Gasteiger partial charge in [-0.3, -0.25) is 0 Å². The maximum atomic E-state index is 12.5. The molecule has 0 aliphatic carbocycles. The van der Waals surface area contributed by atoms with Crippen LogP contribution < -0.4 is 11.1 Å². The Morgan fingerprint density at radius 3 is 2.44 bits per heavy atom. The van der Waals surface area contributed by atoms with Crippen LogP contribution in [0.4, 0.5) is 18.9 Å². The predicted molar refractivity (Wildman–Crippen MR) is 67.4 cm³/mol. The van der Waals surface area contributed by atoms with Gasteiger partial charge in [0, 0.05) is 12.2 Å². The molecule has 2 nitrogen and oxygen atoms in total. The van der Waals surface area contributed by atoms with E-state index in [2.05, 4.69) is 5.32 Å². The minimum Gasteiger partial charge on any atom is -0.385 e. The molecule has 18 heavy (non-hydrogen) atoms. The van der Waals surface area contributed by atoms with Crippen molar-refractivity contribution in [2.24, 2.45) is 11.1 Å². The first-order chi connectivity index (χ1) is 8.24. The lowest BCUT2D eigenvalue weighted by molar-refractivity contribution is -0.137. The topological polar surface area (TPSA) is 38.0 Å². The van der Waals surface area contributed by atoms with E-state index < -0.39 is 11.7 Å². The maximum absolute atomic E-state index is 12.5. The fourth-order valence-corrected chi connectivity index (χ4v) is 1.45. The first-order valence-corrected chi connectivity index (χ1v) is 5.86. The summed E-state index contributed by atoms with van der Waals surface area (Å²) in [6, 6.07) is 5.22. The number of anilines is 1. The van der Waals surface area contributed by atoms with Crippen LogP contribution >= 0.6 is 0 Å². The molecule has 1 aromatic carbocycles. The van der Waals surface area contributed by atoms with Gasteiger partial charge in [-0.05, 0) is 36.6 Å². The van der Waals surface area contributed by atoms with E-state index in [0.29, 0.717) is 18.8 Å². The molecule has 3 N–H and O–H groups in total. The minimum atomic E-state index is -4.30. The zero-order valence-corrected chi connectivity index (χ0v) is 10.6. The Balaban J connectivity index is 2.59. The predicted octanol–water partition coefficient (Wildman–Crippen LogP) is 3.49. The van der Waals surface area contributed by atoms with Crippen molar-refractivity contribution < 1.29 is 13.2 Å². The summed E-state index contributed by atoms with van der Waals surface area (Å²) in [6.07, 6.45) is -3.49. The van der Waals surface area contributed by atoms with Gasteiger partial charge in [-0.15, -0.1) is 0 Å². The molecule has 102 valence electrons. The van der Waals surface area contributed by atoms with E-state index in [-0.39, 0.29) is 5.41 Å². The molecule has 0 saturated heterocycles. The smallest absolute Gasteiger partial charge is 0.385 e. The molecule has 0 radical (unpaired) electrons. The van der Waals surface area contributed by atoms with Gasteiger partial charge >= 0.3 is 6.18 Å². The number of nitrogens with two attached hydrogens (primary N) is 1. The van der Waals surface area contributed by atoms with Crippen LogP contribution in [0.5, 0.6) is 0 Å². The SMILES string of the molecule is CC(C)(CN)CCNc1cccc(C(F)(F)F)c1. The largest absolute Gasteiger partial charge is 0.416 e. The van der Waals surface area contributed by atoms with Crippen LogP contribution in [0.1, 0.15) is 25.8 Å². The van der Waals surface area contributed by atoms with Gasteiger partial charge in [0.25, 0.3) is 0 Å². The van der Waals surface area contributed by atoms with Gasteiger partial charge in [0.05, 0.1) is 5.56 Å². The van der Waals surface area contributed by atoms with Crippen molar-refractivity contribution in [2.45, 2.75) is 26.4 Å². The van der Waals surface area contributed by atoms with E-state index in [4.69, 9.17) is 5.73 Å². The highest BCUT2D eigenvalue weighted by atomic mass is 19.4. The third-order valence-corrected chi connectivity index (χ3v) is 2.87. The molecular formula is C13H19F3N2. The first kappa shape index (κ1) is 14.8. The lowest BCUT2D eigenvalue weighted by Gasteiger charge is -2.22. The number of alkyl halides is 3. The Morgan fingerprint density at radius 1 is 1.22 bits per heavy atom.